The number of benzene rings is 2. The molecule has 0 saturated heterocycles. The highest BCUT2D eigenvalue weighted by atomic mass is 16.5. The van der Waals surface area contributed by atoms with Crippen LogP contribution in [0.1, 0.15) is 12.5 Å². The monoisotopic (exact) mass is 467 g/mol. The third kappa shape index (κ3) is 4.75. The fourth-order valence-corrected chi connectivity index (χ4v) is 3.60. The second-order valence-electron chi connectivity index (χ2n) is 7.30. The highest BCUT2D eigenvalue weighted by molar-refractivity contribution is 5.86. The smallest absolute Gasteiger partial charge is 0.437 e. The molecule has 0 aliphatic carbocycles. The molecule has 4 rings (SSSR count). The Morgan fingerprint density at radius 3 is 2.65 bits per heavy atom. The van der Waals surface area contributed by atoms with E-state index in [-0.39, 0.29) is 24.1 Å². The molecule has 0 aliphatic rings. The van der Waals surface area contributed by atoms with Crippen molar-refractivity contribution in [1.29, 1.82) is 0 Å². The summed E-state index contributed by atoms with van der Waals surface area (Å²) in [4.78, 5) is 24.6. The number of nitrogens with one attached hydrogen (secondary N) is 1. The number of hydrogen-bond donors (Lipinski definition) is 1. The van der Waals surface area contributed by atoms with Crippen LogP contribution in [0.15, 0.2) is 56.1 Å². The second kappa shape index (κ2) is 10.2. The maximum absolute atomic E-state index is 12.4. The SMILES string of the molecule is CCOc1cccc2cc(-c3nn(CC(=O)NCCc4cccc(OC)c4OC)c(=O)o3)oc12. The fourth-order valence-electron chi connectivity index (χ4n) is 3.60. The lowest BCUT2D eigenvalue weighted by atomic mass is 10.1. The van der Waals surface area contributed by atoms with Gasteiger partial charge in [0, 0.05) is 11.9 Å². The Kier molecular flexibility index (Phi) is 6.86. The molecule has 10 nitrogen and oxygen atoms in total. The maximum atomic E-state index is 12.4. The number of hydrogen-bond acceptors (Lipinski definition) is 8. The van der Waals surface area contributed by atoms with Gasteiger partial charge < -0.3 is 28.4 Å². The van der Waals surface area contributed by atoms with Gasteiger partial charge in [0.1, 0.15) is 6.54 Å². The quantitative estimate of drug-likeness (QED) is 0.378. The summed E-state index contributed by atoms with van der Waals surface area (Å²) in [6, 6.07) is 12.7. The Balaban J connectivity index is 1.42. The zero-order valence-electron chi connectivity index (χ0n) is 19.1. The number of furan rings is 1. The van der Waals surface area contributed by atoms with E-state index in [0.29, 0.717) is 42.4 Å². The molecule has 0 unspecified atom stereocenters. The van der Waals surface area contributed by atoms with Crippen LogP contribution in [0.25, 0.3) is 22.6 Å². The van der Waals surface area contributed by atoms with E-state index in [4.69, 9.17) is 23.0 Å². The van der Waals surface area contributed by atoms with Gasteiger partial charge in [0.15, 0.2) is 28.6 Å². The summed E-state index contributed by atoms with van der Waals surface area (Å²) in [5.74, 6) is 0.931. The van der Waals surface area contributed by atoms with Gasteiger partial charge in [0.2, 0.25) is 5.91 Å². The van der Waals surface area contributed by atoms with Gasteiger partial charge in [-0.05, 0) is 37.1 Å². The minimum atomic E-state index is -0.759. The lowest BCUT2D eigenvalue weighted by Gasteiger charge is -2.12. The second-order valence-corrected chi connectivity index (χ2v) is 7.30. The molecule has 34 heavy (non-hydrogen) atoms. The molecule has 0 atom stereocenters. The third-order valence-corrected chi connectivity index (χ3v) is 5.12. The summed E-state index contributed by atoms with van der Waals surface area (Å²) < 4.78 is 28.2. The highest BCUT2D eigenvalue weighted by Gasteiger charge is 2.18. The molecule has 0 spiro atoms. The molecular weight excluding hydrogens is 442 g/mol. The van der Waals surface area contributed by atoms with Crippen LogP contribution in [0.3, 0.4) is 0 Å². The van der Waals surface area contributed by atoms with Crippen LogP contribution >= 0.6 is 0 Å². The summed E-state index contributed by atoms with van der Waals surface area (Å²) in [5.41, 5.74) is 1.42. The molecular formula is C24H25N3O7. The molecule has 0 bridgehead atoms. The van der Waals surface area contributed by atoms with Crippen molar-refractivity contribution in [3.8, 4) is 28.9 Å². The first-order valence-corrected chi connectivity index (χ1v) is 10.7. The topological polar surface area (TPSA) is 118 Å². The molecule has 0 saturated carbocycles. The van der Waals surface area contributed by atoms with Crippen LogP contribution in [-0.2, 0) is 17.8 Å². The van der Waals surface area contributed by atoms with E-state index < -0.39 is 5.76 Å². The van der Waals surface area contributed by atoms with E-state index in [2.05, 4.69) is 10.4 Å². The predicted octanol–water partition coefficient (Wildman–Crippen LogP) is 3.02. The molecule has 0 fully saturated rings. The molecule has 2 aromatic carbocycles. The molecule has 2 aromatic heterocycles. The number of amides is 1. The van der Waals surface area contributed by atoms with Crippen molar-refractivity contribution in [3.63, 3.8) is 0 Å². The van der Waals surface area contributed by atoms with E-state index >= 15 is 0 Å². The van der Waals surface area contributed by atoms with Gasteiger partial charge in [-0.15, -0.1) is 5.10 Å². The number of aromatic nitrogens is 2. The zero-order chi connectivity index (χ0) is 24.1. The van der Waals surface area contributed by atoms with Crippen LogP contribution in [0, 0.1) is 0 Å². The van der Waals surface area contributed by atoms with Crippen LogP contribution in [0.2, 0.25) is 0 Å². The minimum Gasteiger partial charge on any atom is -0.493 e. The number of para-hydroxylation sites is 2. The third-order valence-electron chi connectivity index (χ3n) is 5.12. The number of ether oxygens (including phenoxy) is 3. The normalized spacial score (nSPS) is 10.9. The molecule has 2 heterocycles. The van der Waals surface area contributed by atoms with Crippen molar-refractivity contribution in [2.45, 2.75) is 19.9 Å². The van der Waals surface area contributed by atoms with E-state index in [0.717, 1.165) is 15.6 Å². The predicted molar refractivity (Wildman–Crippen MR) is 123 cm³/mol. The van der Waals surface area contributed by atoms with Gasteiger partial charge in [0.25, 0.3) is 5.89 Å². The average Bonchev–Trinajstić information content (AvgIpc) is 3.43. The summed E-state index contributed by atoms with van der Waals surface area (Å²) in [6.07, 6.45) is 0.520. The summed E-state index contributed by atoms with van der Waals surface area (Å²) in [6.45, 7) is 2.41. The number of carbonyl (C=O) groups excluding carboxylic acids is 1. The van der Waals surface area contributed by atoms with Crippen molar-refractivity contribution >= 4 is 16.9 Å². The van der Waals surface area contributed by atoms with Gasteiger partial charge in [-0.2, -0.15) is 4.68 Å². The van der Waals surface area contributed by atoms with Crippen molar-refractivity contribution in [2.75, 3.05) is 27.4 Å². The minimum absolute atomic E-state index is 0.0161. The summed E-state index contributed by atoms with van der Waals surface area (Å²) >= 11 is 0. The lowest BCUT2D eigenvalue weighted by molar-refractivity contribution is -0.121. The van der Waals surface area contributed by atoms with Crippen LogP contribution in [0.5, 0.6) is 17.2 Å². The van der Waals surface area contributed by atoms with Gasteiger partial charge in [0.05, 0.1) is 20.8 Å². The standard InChI is InChI=1S/C24H25N3O7/c1-4-32-18-10-6-8-16-13-19(33-22(16)18)23-26-27(24(29)34-23)14-20(28)25-12-11-15-7-5-9-17(30-2)21(15)31-3/h5-10,13H,4,11-12,14H2,1-3H3,(H,25,28). The first-order valence-electron chi connectivity index (χ1n) is 10.7. The molecule has 1 amide bonds. The Hall–Kier alpha value is -4.21. The average molecular weight is 467 g/mol. The summed E-state index contributed by atoms with van der Waals surface area (Å²) in [7, 11) is 3.13. The number of rotatable bonds is 10. The lowest BCUT2D eigenvalue weighted by Crippen LogP contribution is -2.32. The Bertz CT molecular complexity index is 1350. The Morgan fingerprint density at radius 1 is 1.09 bits per heavy atom. The first kappa shape index (κ1) is 23.0. The van der Waals surface area contributed by atoms with E-state index in [1.807, 2.05) is 31.2 Å². The fraction of sp³-hybridized carbons (Fsp3) is 0.292. The highest BCUT2D eigenvalue weighted by Crippen LogP contribution is 2.33. The van der Waals surface area contributed by atoms with E-state index in [1.165, 1.54) is 0 Å². The van der Waals surface area contributed by atoms with Crippen molar-refractivity contribution in [1.82, 2.24) is 15.1 Å². The number of methoxy groups -OCH3 is 2. The van der Waals surface area contributed by atoms with E-state index in [9.17, 15) is 9.59 Å². The number of carbonyl (C=O) groups is 1. The first-order chi connectivity index (χ1) is 16.5. The number of fused-ring (bicyclic) bond motifs is 1. The largest absolute Gasteiger partial charge is 0.493 e. The van der Waals surface area contributed by atoms with Gasteiger partial charge in [-0.25, -0.2) is 4.79 Å². The van der Waals surface area contributed by atoms with Crippen LogP contribution in [-0.4, -0.2) is 43.1 Å². The molecule has 1 N–H and O–H groups in total. The van der Waals surface area contributed by atoms with Gasteiger partial charge in [-0.3, -0.25) is 4.79 Å². The molecule has 178 valence electrons. The maximum Gasteiger partial charge on any atom is 0.437 e. The Morgan fingerprint density at radius 2 is 1.88 bits per heavy atom. The van der Waals surface area contributed by atoms with Gasteiger partial charge >= 0.3 is 5.76 Å². The molecule has 0 aliphatic heterocycles. The van der Waals surface area contributed by atoms with Crippen molar-refractivity contribution < 1.29 is 27.8 Å². The van der Waals surface area contributed by atoms with Gasteiger partial charge in [-0.1, -0.05) is 24.3 Å². The van der Waals surface area contributed by atoms with Crippen molar-refractivity contribution in [3.05, 3.63) is 58.6 Å². The molecule has 4 aromatic rings. The molecule has 0 radical (unpaired) electrons. The summed E-state index contributed by atoms with van der Waals surface area (Å²) in [5, 5.41) is 7.67. The van der Waals surface area contributed by atoms with Crippen molar-refractivity contribution in [2.24, 2.45) is 0 Å². The zero-order valence-corrected chi connectivity index (χ0v) is 19.1. The number of nitrogens with zero attached hydrogens (tertiary/aromatic N) is 2. The van der Waals surface area contributed by atoms with E-state index in [1.54, 1.807) is 32.4 Å². The van der Waals surface area contributed by atoms with Crippen LogP contribution < -0.4 is 25.3 Å². The Labute approximate surface area is 195 Å². The molecule has 10 heteroatoms. The van der Waals surface area contributed by atoms with Crippen LogP contribution in [0.4, 0.5) is 0 Å².